The van der Waals surface area contributed by atoms with Crippen LogP contribution in [0.2, 0.25) is 0 Å². The average molecular weight is 515 g/mol. The molecule has 0 aliphatic heterocycles. The van der Waals surface area contributed by atoms with Crippen molar-refractivity contribution in [1.29, 1.82) is 0 Å². The first kappa shape index (κ1) is 20.3. The van der Waals surface area contributed by atoms with Gasteiger partial charge in [0.2, 0.25) is 0 Å². The maximum atomic E-state index is 7.69. The van der Waals surface area contributed by atoms with Crippen molar-refractivity contribution < 1.29 is 14.5 Å². The SMILES string of the molecule is [Cl][Ti]([Cl])([CH]1C(n2ccpc2)=Cc2ccccc21)[CH]1C(n2ccpc2)=Cc2ccccc21. The summed E-state index contributed by atoms with van der Waals surface area (Å²) in [6.45, 7) is 0. The summed E-state index contributed by atoms with van der Waals surface area (Å²) in [5.74, 6) is 8.67. The van der Waals surface area contributed by atoms with E-state index in [1.165, 1.54) is 50.0 Å². The van der Waals surface area contributed by atoms with E-state index in [0.717, 1.165) is 0 Å². The van der Waals surface area contributed by atoms with Gasteiger partial charge in [0, 0.05) is 0 Å². The van der Waals surface area contributed by atoms with Crippen LogP contribution < -0.4 is 0 Å². The Balaban J connectivity index is 1.55. The van der Waals surface area contributed by atoms with Crippen molar-refractivity contribution >= 4 is 58.5 Å². The van der Waals surface area contributed by atoms with E-state index in [1.54, 1.807) is 0 Å². The number of allylic oxidation sites excluding steroid dienone is 2. The molecule has 0 spiro atoms. The summed E-state index contributed by atoms with van der Waals surface area (Å²) in [6, 6.07) is 17.1. The molecule has 0 fully saturated rings. The van der Waals surface area contributed by atoms with E-state index in [-0.39, 0.29) is 8.45 Å². The molecule has 4 aromatic rings. The van der Waals surface area contributed by atoms with Crippen LogP contribution in [0.1, 0.15) is 30.7 Å². The van der Waals surface area contributed by atoms with E-state index >= 15 is 0 Å². The van der Waals surface area contributed by atoms with Gasteiger partial charge in [-0.1, -0.05) is 0 Å². The van der Waals surface area contributed by atoms with Crippen LogP contribution in [-0.2, 0) is 14.5 Å². The number of fused-ring (bicyclic) bond motifs is 2. The third-order valence-corrected chi connectivity index (χ3v) is 15.5. The van der Waals surface area contributed by atoms with Gasteiger partial charge < -0.3 is 0 Å². The van der Waals surface area contributed by atoms with Gasteiger partial charge in [0.1, 0.15) is 0 Å². The quantitative estimate of drug-likeness (QED) is 0.241. The second-order valence-electron chi connectivity index (χ2n) is 7.88. The molecule has 0 saturated carbocycles. The predicted molar refractivity (Wildman–Crippen MR) is 132 cm³/mol. The molecule has 2 aliphatic rings. The van der Waals surface area contributed by atoms with E-state index in [4.69, 9.17) is 18.6 Å². The number of halogens is 2. The van der Waals surface area contributed by atoms with E-state index in [2.05, 4.69) is 106 Å². The fourth-order valence-corrected chi connectivity index (χ4v) is 14.5. The number of hydrogen-bond acceptors (Lipinski definition) is 0. The normalized spacial score (nSPS) is 20.2. The molecule has 0 saturated heterocycles. The zero-order valence-electron chi connectivity index (χ0n) is 16.4. The van der Waals surface area contributed by atoms with Gasteiger partial charge >= 0.3 is 197 Å². The van der Waals surface area contributed by atoms with Gasteiger partial charge in [-0.3, -0.25) is 0 Å². The number of hydrogen-bond donors (Lipinski definition) is 0. The molecule has 2 heterocycles. The third kappa shape index (κ3) is 3.29. The van der Waals surface area contributed by atoms with Crippen LogP contribution in [0.5, 0.6) is 0 Å². The minimum absolute atomic E-state index is 0.0254. The fourth-order valence-electron chi connectivity index (χ4n) is 4.86. The van der Waals surface area contributed by atoms with Gasteiger partial charge in [0.05, 0.1) is 0 Å². The fraction of sp³-hybridized carbons (Fsp3) is 0.0833. The van der Waals surface area contributed by atoms with Gasteiger partial charge in [0.15, 0.2) is 0 Å². The predicted octanol–water partition coefficient (Wildman–Crippen LogP) is 8.72. The number of nitrogens with zero attached hydrogens (tertiary/aromatic N) is 2. The second-order valence-corrected chi connectivity index (χ2v) is 19.4. The van der Waals surface area contributed by atoms with Crippen LogP contribution in [0.3, 0.4) is 0 Å². The molecule has 0 amide bonds. The molecule has 2 aliphatic carbocycles. The third-order valence-electron chi connectivity index (χ3n) is 6.19. The van der Waals surface area contributed by atoms with E-state index in [1.807, 2.05) is 0 Å². The first-order valence-corrected chi connectivity index (χ1v) is 18.3. The van der Waals surface area contributed by atoms with E-state index in [0.29, 0.717) is 0 Å². The molecule has 2 unspecified atom stereocenters. The van der Waals surface area contributed by atoms with Crippen LogP contribution in [0.4, 0.5) is 0 Å². The summed E-state index contributed by atoms with van der Waals surface area (Å²) in [5.41, 5.74) is 7.39. The monoisotopic (exact) mass is 514 g/mol. The van der Waals surface area contributed by atoms with Crippen molar-refractivity contribution in [3.8, 4) is 0 Å². The summed E-state index contributed by atoms with van der Waals surface area (Å²) >= 11 is -3.66. The Kier molecular flexibility index (Phi) is 5.16. The number of benzene rings is 2. The maximum absolute atomic E-state index is 7.69. The summed E-state index contributed by atoms with van der Waals surface area (Å²) in [6.07, 6.45) is 8.82. The first-order chi connectivity index (χ1) is 15.1. The summed E-state index contributed by atoms with van der Waals surface area (Å²) in [5, 5.41) is 0. The van der Waals surface area contributed by atoms with Crippen LogP contribution in [-0.4, -0.2) is 9.13 Å². The van der Waals surface area contributed by atoms with Crippen molar-refractivity contribution in [3.63, 3.8) is 0 Å². The summed E-state index contributed by atoms with van der Waals surface area (Å²) in [7, 11) is 17.7. The molecule has 2 aromatic heterocycles. The molecule has 0 bridgehead atoms. The van der Waals surface area contributed by atoms with Crippen molar-refractivity contribution in [3.05, 3.63) is 107 Å². The molecule has 2 nitrogen and oxygen atoms in total. The van der Waals surface area contributed by atoms with Crippen LogP contribution in [0.15, 0.2) is 84.4 Å². The number of aromatic nitrogens is 2. The zero-order valence-corrected chi connectivity index (χ0v) is 21.3. The zero-order chi connectivity index (χ0) is 21.0. The van der Waals surface area contributed by atoms with Crippen molar-refractivity contribution in [2.45, 2.75) is 8.45 Å². The molecule has 0 radical (unpaired) electrons. The van der Waals surface area contributed by atoms with Crippen molar-refractivity contribution in [1.82, 2.24) is 9.13 Å². The van der Waals surface area contributed by atoms with E-state index in [9.17, 15) is 0 Å². The van der Waals surface area contributed by atoms with Gasteiger partial charge in [0.25, 0.3) is 0 Å². The first-order valence-electron chi connectivity index (χ1n) is 10.1. The molecule has 2 aromatic carbocycles. The molecular formula is C24H18Cl2N2P2Ti. The molecule has 2 atom stereocenters. The molecular weight excluding hydrogens is 497 g/mol. The Labute approximate surface area is 196 Å². The Morgan fingerprint density at radius 1 is 0.677 bits per heavy atom. The van der Waals surface area contributed by atoms with Crippen molar-refractivity contribution in [2.24, 2.45) is 0 Å². The molecule has 0 N–H and O–H groups in total. The van der Waals surface area contributed by atoms with Crippen LogP contribution >= 0.6 is 35.0 Å². The Bertz CT molecular complexity index is 1230. The van der Waals surface area contributed by atoms with E-state index < -0.39 is 14.5 Å². The molecule has 31 heavy (non-hydrogen) atoms. The van der Waals surface area contributed by atoms with Crippen molar-refractivity contribution in [2.75, 3.05) is 0 Å². The molecule has 7 heteroatoms. The molecule has 152 valence electrons. The molecule has 6 rings (SSSR count). The topological polar surface area (TPSA) is 9.86 Å². The Morgan fingerprint density at radius 3 is 1.55 bits per heavy atom. The second kappa shape index (κ2) is 7.89. The summed E-state index contributed by atoms with van der Waals surface area (Å²) < 4.78 is 4.50. The van der Waals surface area contributed by atoms with Gasteiger partial charge in [-0.25, -0.2) is 0 Å². The minimum atomic E-state index is -3.66. The summed E-state index contributed by atoms with van der Waals surface area (Å²) in [4.78, 5) is 0. The Hall–Kier alpha value is -1.37. The average Bonchev–Trinajstić information content (AvgIpc) is 3.57. The van der Waals surface area contributed by atoms with Gasteiger partial charge in [-0.15, -0.1) is 0 Å². The van der Waals surface area contributed by atoms with Crippen LogP contribution in [0.25, 0.3) is 23.5 Å². The van der Waals surface area contributed by atoms with Gasteiger partial charge in [-0.05, 0) is 0 Å². The van der Waals surface area contributed by atoms with Crippen LogP contribution in [0, 0.1) is 0 Å². The van der Waals surface area contributed by atoms with Gasteiger partial charge in [-0.2, -0.15) is 0 Å². The Morgan fingerprint density at radius 2 is 1.13 bits per heavy atom. The number of rotatable bonds is 4. The standard InChI is InChI=1S/2C12H9NP.2ClH.Ti/c2*1-2-4-11-8-12(7-10(11)3-1)13-5-6-14-9-13;;;/h2*1-9H;2*1H;/q;;;;+2/p-2.